The van der Waals surface area contributed by atoms with Crippen LogP contribution in [0.5, 0.6) is 0 Å². The van der Waals surface area contributed by atoms with Gasteiger partial charge >= 0.3 is 0 Å². The first kappa shape index (κ1) is 12.9. The maximum atomic E-state index is 5.42. The second-order valence-electron chi connectivity index (χ2n) is 4.74. The Morgan fingerprint density at radius 2 is 2.27 bits per heavy atom. The molecule has 3 atom stereocenters. The van der Waals surface area contributed by atoms with Crippen molar-refractivity contribution in [2.75, 3.05) is 33.9 Å². The quantitative estimate of drug-likeness (QED) is 0.722. The van der Waals surface area contributed by atoms with Gasteiger partial charge in [0.25, 0.3) is 0 Å². The van der Waals surface area contributed by atoms with Crippen molar-refractivity contribution < 1.29 is 4.74 Å². The SMILES string of the molecule is CCC(C)C(CN(C)C1CCOC1)NC. The van der Waals surface area contributed by atoms with Crippen molar-refractivity contribution in [1.29, 1.82) is 0 Å². The first-order valence-electron chi connectivity index (χ1n) is 6.14. The van der Waals surface area contributed by atoms with E-state index in [1.165, 1.54) is 12.8 Å². The molecule has 0 saturated carbocycles. The van der Waals surface area contributed by atoms with Crippen molar-refractivity contribution in [3.63, 3.8) is 0 Å². The van der Waals surface area contributed by atoms with E-state index in [0.29, 0.717) is 12.1 Å². The minimum atomic E-state index is 0.598. The summed E-state index contributed by atoms with van der Waals surface area (Å²) in [6.45, 7) is 7.55. The third kappa shape index (κ3) is 3.74. The van der Waals surface area contributed by atoms with Gasteiger partial charge in [-0.05, 0) is 26.4 Å². The molecule has 0 aromatic carbocycles. The van der Waals surface area contributed by atoms with Gasteiger partial charge < -0.3 is 10.1 Å². The molecule has 0 spiro atoms. The van der Waals surface area contributed by atoms with Crippen LogP contribution in [0.1, 0.15) is 26.7 Å². The number of rotatable bonds is 6. The Morgan fingerprint density at radius 1 is 1.53 bits per heavy atom. The van der Waals surface area contributed by atoms with Gasteiger partial charge in [0.2, 0.25) is 0 Å². The van der Waals surface area contributed by atoms with E-state index < -0.39 is 0 Å². The predicted molar refractivity (Wildman–Crippen MR) is 64.2 cm³/mol. The Hall–Kier alpha value is -0.120. The molecule has 0 aliphatic carbocycles. The molecule has 1 fully saturated rings. The van der Waals surface area contributed by atoms with Gasteiger partial charge in [-0.25, -0.2) is 0 Å². The minimum Gasteiger partial charge on any atom is -0.380 e. The molecule has 0 aromatic heterocycles. The molecule has 15 heavy (non-hydrogen) atoms. The van der Waals surface area contributed by atoms with Crippen LogP contribution in [-0.4, -0.2) is 50.8 Å². The smallest absolute Gasteiger partial charge is 0.0622 e. The van der Waals surface area contributed by atoms with Crippen LogP contribution in [0.3, 0.4) is 0 Å². The van der Waals surface area contributed by atoms with Crippen LogP contribution >= 0.6 is 0 Å². The van der Waals surface area contributed by atoms with E-state index in [9.17, 15) is 0 Å². The zero-order valence-electron chi connectivity index (χ0n) is 10.6. The molecular weight excluding hydrogens is 188 g/mol. The lowest BCUT2D eigenvalue weighted by atomic mass is 9.98. The molecule has 0 aromatic rings. The van der Waals surface area contributed by atoms with Crippen molar-refractivity contribution >= 4 is 0 Å². The maximum Gasteiger partial charge on any atom is 0.0622 e. The minimum absolute atomic E-state index is 0.598. The average molecular weight is 214 g/mol. The molecule has 1 heterocycles. The van der Waals surface area contributed by atoms with Crippen molar-refractivity contribution in [3.05, 3.63) is 0 Å². The topological polar surface area (TPSA) is 24.5 Å². The monoisotopic (exact) mass is 214 g/mol. The Bertz CT molecular complexity index is 169. The second kappa shape index (κ2) is 6.46. The fourth-order valence-electron chi connectivity index (χ4n) is 2.17. The molecule has 0 radical (unpaired) electrons. The molecule has 90 valence electrons. The van der Waals surface area contributed by atoms with Crippen LogP contribution in [0.25, 0.3) is 0 Å². The molecule has 3 unspecified atom stereocenters. The Labute approximate surface area is 94.2 Å². The Morgan fingerprint density at radius 3 is 2.73 bits per heavy atom. The molecule has 3 nitrogen and oxygen atoms in total. The summed E-state index contributed by atoms with van der Waals surface area (Å²) >= 11 is 0. The standard InChI is InChI=1S/C12H26N2O/c1-5-10(2)12(13-3)8-14(4)11-6-7-15-9-11/h10-13H,5-9H2,1-4H3. The van der Waals surface area contributed by atoms with Gasteiger partial charge in [0.05, 0.1) is 6.61 Å². The van der Waals surface area contributed by atoms with Gasteiger partial charge in [-0.3, -0.25) is 4.90 Å². The Balaban J connectivity index is 2.36. The molecule has 3 heteroatoms. The molecule has 1 N–H and O–H groups in total. The van der Waals surface area contributed by atoms with Crippen molar-refractivity contribution in [2.24, 2.45) is 5.92 Å². The van der Waals surface area contributed by atoms with E-state index in [0.717, 1.165) is 25.7 Å². The van der Waals surface area contributed by atoms with E-state index in [-0.39, 0.29) is 0 Å². The highest BCUT2D eigenvalue weighted by atomic mass is 16.5. The van der Waals surface area contributed by atoms with Crippen LogP contribution in [0.15, 0.2) is 0 Å². The molecule has 1 aliphatic rings. The summed E-state index contributed by atoms with van der Waals surface area (Å²) in [6, 6.07) is 1.23. The van der Waals surface area contributed by atoms with Crippen molar-refractivity contribution in [2.45, 2.75) is 38.8 Å². The summed E-state index contributed by atoms with van der Waals surface area (Å²) in [5.74, 6) is 0.736. The molecule has 1 rings (SSSR count). The number of hydrogen-bond donors (Lipinski definition) is 1. The highest BCUT2D eigenvalue weighted by Crippen LogP contribution is 2.14. The summed E-state index contributed by atoms with van der Waals surface area (Å²) in [6.07, 6.45) is 2.42. The lowest BCUT2D eigenvalue weighted by molar-refractivity contribution is 0.147. The lowest BCUT2D eigenvalue weighted by Crippen LogP contribution is -2.45. The zero-order valence-corrected chi connectivity index (χ0v) is 10.6. The third-order valence-corrected chi connectivity index (χ3v) is 3.72. The van der Waals surface area contributed by atoms with E-state index in [1.807, 2.05) is 0 Å². The van der Waals surface area contributed by atoms with Crippen LogP contribution in [0, 0.1) is 5.92 Å². The largest absolute Gasteiger partial charge is 0.380 e. The van der Waals surface area contributed by atoms with Crippen LogP contribution in [0.2, 0.25) is 0 Å². The highest BCUT2D eigenvalue weighted by Gasteiger charge is 2.23. The van der Waals surface area contributed by atoms with Gasteiger partial charge in [0.1, 0.15) is 0 Å². The summed E-state index contributed by atoms with van der Waals surface area (Å²) in [5, 5.41) is 3.42. The summed E-state index contributed by atoms with van der Waals surface area (Å²) in [7, 11) is 4.28. The Kier molecular flexibility index (Phi) is 5.58. The van der Waals surface area contributed by atoms with Crippen LogP contribution in [0.4, 0.5) is 0 Å². The number of nitrogens with zero attached hydrogens (tertiary/aromatic N) is 1. The predicted octanol–water partition coefficient (Wildman–Crippen LogP) is 1.34. The van der Waals surface area contributed by atoms with E-state index in [2.05, 4.69) is 38.2 Å². The molecule has 1 saturated heterocycles. The molecular formula is C12H26N2O. The van der Waals surface area contributed by atoms with Gasteiger partial charge in [-0.15, -0.1) is 0 Å². The normalized spacial score (nSPS) is 25.8. The summed E-state index contributed by atoms with van der Waals surface area (Å²) in [5.41, 5.74) is 0. The fourth-order valence-corrected chi connectivity index (χ4v) is 2.17. The summed E-state index contributed by atoms with van der Waals surface area (Å²) < 4.78 is 5.42. The highest BCUT2D eigenvalue weighted by molar-refractivity contribution is 4.79. The van der Waals surface area contributed by atoms with E-state index in [1.54, 1.807) is 0 Å². The first-order chi connectivity index (χ1) is 7.19. The first-order valence-corrected chi connectivity index (χ1v) is 6.14. The van der Waals surface area contributed by atoms with Gasteiger partial charge in [0, 0.05) is 25.2 Å². The number of hydrogen-bond acceptors (Lipinski definition) is 3. The zero-order chi connectivity index (χ0) is 11.3. The van der Waals surface area contributed by atoms with E-state index in [4.69, 9.17) is 4.74 Å². The number of ether oxygens (including phenoxy) is 1. The second-order valence-corrected chi connectivity index (χ2v) is 4.74. The van der Waals surface area contributed by atoms with Crippen LogP contribution in [-0.2, 0) is 4.74 Å². The number of nitrogens with one attached hydrogen (secondary N) is 1. The molecule has 0 bridgehead atoms. The van der Waals surface area contributed by atoms with Crippen molar-refractivity contribution in [1.82, 2.24) is 10.2 Å². The lowest BCUT2D eigenvalue weighted by Gasteiger charge is -2.30. The molecule has 0 amide bonds. The fraction of sp³-hybridized carbons (Fsp3) is 1.00. The van der Waals surface area contributed by atoms with Gasteiger partial charge in [-0.1, -0.05) is 20.3 Å². The number of likely N-dealkylation sites (N-methyl/N-ethyl adjacent to an activating group) is 2. The van der Waals surface area contributed by atoms with Gasteiger partial charge in [-0.2, -0.15) is 0 Å². The third-order valence-electron chi connectivity index (χ3n) is 3.72. The van der Waals surface area contributed by atoms with Gasteiger partial charge in [0.15, 0.2) is 0 Å². The molecule has 1 aliphatic heterocycles. The van der Waals surface area contributed by atoms with E-state index >= 15 is 0 Å². The van der Waals surface area contributed by atoms with Crippen molar-refractivity contribution in [3.8, 4) is 0 Å². The summed E-state index contributed by atoms with van der Waals surface area (Å²) in [4.78, 5) is 2.44. The van der Waals surface area contributed by atoms with Crippen LogP contribution < -0.4 is 5.32 Å². The average Bonchev–Trinajstić information content (AvgIpc) is 2.77. The maximum absolute atomic E-state index is 5.42.